The van der Waals surface area contributed by atoms with Crippen LogP contribution in [0.15, 0.2) is 24.3 Å². The van der Waals surface area contributed by atoms with Crippen LogP contribution in [0.2, 0.25) is 0 Å². The Hall–Kier alpha value is -1.51. The Morgan fingerprint density at radius 1 is 1.35 bits per heavy atom. The maximum absolute atomic E-state index is 12.0. The fourth-order valence-corrected chi connectivity index (χ4v) is 2.47. The fraction of sp³-hybridized carbons (Fsp3) is 0.500. The van der Waals surface area contributed by atoms with Gasteiger partial charge in [0.25, 0.3) is 5.91 Å². The molecule has 0 bridgehead atoms. The lowest BCUT2D eigenvalue weighted by atomic mass is 9.97. The molecule has 0 heterocycles. The summed E-state index contributed by atoms with van der Waals surface area (Å²) in [6.45, 7) is 4.41. The van der Waals surface area contributed by atoms with Crippen molar-refractivity contribution in [2.75, 3.05) is 0 Å². The van der Waals surface area contributed by atoms with Crippen LogP contribution in [-0.4, -0.2) is 17.1 Å². The maximum Gasteiger partial charge on any atom is 0.251 e. The predicted molar refractivity (Wildman–Crippen MR) is 66.9 cm³/mol. The first-order chi connectivity index (χ1) is 8.08. The van der Waals surface area contributed by atoms with Crippen molar-refractivity contribution in [1.29, 1.82) is 0 Å². The molecule has 1 amide bonds. The highest BCUT2D eigenvalue weighted by Gasteiger charge is 2.30. The number of rotatable bonds is 2. The number of phenols is 1. The molecule has 92 valence electrons. The van der Waals surface area contributed by atoms with Gasteiger partial charge in [0, 0.05) is 11.6 Å². The van der Waals surface area contributed by atoms with Gasteiger partial charge in [0.15, 0.2) is 0 Å². The number of phenolic OH excluding ortho intramolecular Hbond substituents is 1. The molecule has 3 nitrogen and oxygen atoms in total. The van der Waals surface area contributed by atoms with Gasteiger partial charge in [0.1, 0.15) is 5.75 Å². The molecular formula is C14H19NO2. The molecular weight excluding hydrogens is 214 g/mol. The highest BCUT2D eigenvalue weighted by atomic mass is 16.3. The predicted octanol–water partition coefficient (Wildman–Crippen LogP) is 2.56. The third-order valence-corrected chi connectivity index (χ3v) is 3.89. The van der Waals surface area contributed by atoms with Crippen LogP contribution >= 0.6 is 0 Å². The van der Waals surface area contributed by atoms with Gasteiger partial charge in [-0.2, -0.15) is 0 Å². The molecule has 1 aliphatic rings. The molecule has 17 heavy (non-hydrogen) atoms. The van der Waals surface area contributed by atoms with Crippen LogP contribution in [0.1, 0.15) is 37.0 Å². The molecule has 2 N–H and O–H groups in total. The molecule has 0 saturated heterocycles. The van der Waals surface area contributed by atoms with E-state index in [0.717, 1.165) is 6.42 Å². The van der Waals surface area contributed by atoms with Crippen LogP contribution in [-0.2, 0) is 0 Å². The lowest BCUT2D eigenvalue weighted by Crippen LogP contribution is -2.37. The number of carbonyl (C=O) groups is 1. The Morgan fingerprint density at radius 2 is 2.12 bits per heavy atom. The Morgan fingerprint density at radius 3 is 2.71 bits per heavy atom. The standard InChI is InChI=1S/C14H19NO2/c1-9-6-7-13(10(9)2)15-14(17)11-4-3-5-12(16)8-11/h3-5,8-10,13,16H,6-7H2,1-2H3,(H,15,17). The van der Waals surface area contributed by atoms with Gasteiger partial charge in [0.2, 0.25) is 0 Å². The largest absolute Gasteiger partial charge is 0.508 e. The monoisotopic (exact) mass is 233 g/mol. The second-order valence-electron chi connectivity index (χ2n) is 5.04. The van der Waals surface area contributed by atoms with Crippen molar-refractivity contribution < 1.29 is 9.90 Å². The van der Waals surface area contributed by atoms with Crippen LogP contribution in [0.4, 0.5) is 0 Å². The number of aromatic hydroxyl groups is 1. The molecule has 0 radical (unpaired) electrons. The normalized spacial score (nSPS) is 28.0. The number of amides is 1. The zero-order valence-electron chi connectivity index (χ0n) is 10.3. The fourth-order valence-electron chi connectivity index (χ4n) is 2.47. The second kappa shape index (κ2) is 4.78. The van der Waals surface area contributed by atoms with Gasteiger partial charge >= 0.3 is 0 Å². The van der Waals surface area contributed by atoms with E-state index in [0.29, 0.717) is 17.4 Å². The molecule has 1 saturated carbocycles. The number of carbonyl (C=O) groups excluding carboxylic acids is 1. The van der Waals surface area contributed by atoms with Gasteiger partial charge in [-0.15, -0.1) is 0 Å². The Balaban J connectivity index is 2.02. The molecule has 1 aromatic carbocycles. The van der Waals surface area contributed by atoms with Gasteiger partial charge in [-0.3, -0.25) is 4.79 Å². The third kappa shape index (κ3) is 2.60. The molecule has 3 heteroatoms. The van der Waals surface area contributed by atoms with Crippen molar-refractivity contribution in [2.45, 2.75) is 32.7 Å². The van der Waals surface area contributed by atoms with Crippen LogP contribution in [0, 0.1) is 11.8 Å². The summed E-state index contributed by atoms with van der Waals surface area (Å²) >= 11 is 0. The zero-order valence-corrected chi connectivity index (χ0v) is 10.3. The van der Waals surface area contributed by atoms with E-state index in [1.165, 1.54) is 12.5 Å². The quantitative estimate of drug-likeness (QED) is 0.824. The molecule has 3 unspecified atom stereocenters. The molecule has 0 aromatic heterocycles. The zero-order chi connectivity index (χ0) is 12.4. The maximum atomic E-state index is 12.0. The van der Waals surface area contributed by atoms with Crippen molar-refractivity contribution >= 4 is 5.91 Å². The van der Waals surface area contributed by atoms with Crippen molar-refractivity contribution in [3.05, 3.63) is 29.8 Å². The van der Waals surface area contributed by atoms with E-state index >= 15 is 0 Å². The molecule has 1 aromatic rings. The highest BCUT2D eigenvalue weighted by molar-refractivity contribution is 5.94. The highest BCUT2D eigenvalue weighted by Crippen LogP contribution is 2.31. The summed E-state index contributed by atoms with van der Waals surface area (Å²) in [5.41, 5.74) is 0.525. The first-order valence-electron chi connectivity index (χ1n) is 6.18. The lowest BCUT2D eigenvalue weighted by Gasteiger charge is -2.19. The van der Waals surface area contributed by atoms with E-state index in [9.17, 15) is 9.90 Å². The van der Waals surface area contributed by atoms with Gasteiger partial charge in [-0.1, -0.05) is 19.9 Å². The van der Waals surface area contributed by atoms with E-state index in [1.807, 2.05) is 0 Å². The summed E-state index contributed by atoms with van der Waals surface area (Å²) in [5, 5.41) is 12.4. The number of hydrogen-bond acceptors (Lipinski definition) is 2. The Labute approximate surface area is 102 Å². The van der Waals surface area contributed by atoms with Crippen molar-refractivity contribution in [3.8, 4) is 5.75 Å². The number of hydrogen-bond donors (Lipinski definition) is 2. The van der Waals surface area contributed by atoms with Gasteiger partial charge in [-0.25, -0.2) is 0 Å². The second-order valence-corrected chi connectivity index (χ2v) is 5.04. The molecule has 0 aliphatic heterocycles. The van der Waals surface area contributed by atoms with Crippen molar-refractivity contribution in [2.24, 2.45) is 11.8 Å². The van der Waals surface area contributed by atoms with Crippen molar-refractivity contribution in [1.82, 2.24) is 5.32 Å². The molecule has 3 atom stereocenters. The van der Waals surface area contributed by atoms with Crippen molar-refractivity contribution in [3.63, 3.8) is 0 Å². The smallest absolute Gasteiger partial charge is 0.251 e. The van der Waals surface area contributed by atoms with E-state index in [1.54, 1.807) is 18.2 Å². The van der Waals surface area contributed by atoms with E-state index in [-0.39, 0.29) is 17.7 Å². The first kappa shape index (κ1) is 12.0. The molecule has 2 rings (SSSR count). The summed E-state index contributed by atoms with van der Waals surface area (Å²) in [5.74, 6) is 1.23. The van der Waals surface area contributed by atoms with E-state index in [2.05, 4.69) is 19.2 Å². The van der Waals surface area contributed by atoms with Crippen LogP contribution < -0.4 is 5.32 Å². The summed E-state index contributed by atoms with van der Waals surface area (Å²) < 4.78 is 0. The molecule has 0 spiro atoms. The summed E-state index contributed by atoms with van der Waals surface area (Å²) in [6, 6.07) is 6.73. The number of nitrogens with one attached hydrogen (secondary N) is 1. The van der Waals surface area contributed by atoms with Crippen LogP contribution in [0.25, 0.3) is 0 Å². The summed E-state index contributed by atoms with van der Waals surface area (Å²) in [7, 11) is 0. The van der Waals surface area contributed by atoms with E-state index < -0.39 is 0 Å². The Kier molecular flexibility index (Phi) is 3.36. The average molecular weight is 233 g/mol. The minimum atomic E-state index is -0.0909. The average Bonchev–Trinajstić information content (AvgIpc) is 2.61. The Bertz CT molecular complexity index is 416. The van der Waals surface area contributed by atoms with Gasteiger partial charge in [0.05, 0.1) is 0 Å². The van der Waals surface area contributed by atoms with Gasteiger partial charge < -0.3 is 10.4 Å². The minimum Gasteiger partial charge on any atom is -0.508 e. The summed E-state index contributed by atoms with van der Waals surface area (Å²) in [6.07, 6.45) is 2.22. The van der Waals surface area contributed by atoms with Gasteiger partial charge in [-0.05, 0) is 42.9 Å². The minimum absolute atomic E-state index is 0.0909. The van der Waals surface area contributed by atoms with E-state index in [4.69, 9.17) is 0 Å². The molecule has 1 aliphatic carbocycles. The van der Waals surface area contributed by atoms with Crippen LogP contribution in [0.3, 0.4) is 0 Å². The first-order valence-corrected chi connectivity index (χ1v) is 6.18. The topological polar surface area (TPSA) is 49.3 Å². The SMILES string of the molecule is CC1CCC(NC(=O)c2cccc(O)c2)C1C. The number of benzene rings is 1. The van der Waals surface area contributed by atoms with Crippen LogP contribution in [0.5, 0.6) is 5.75 Å². The summed E-state index contributed by atoms with van der Waals surface area (Å²) in [4.78, 5) is 12.0. The lowest BCUT2D eigenvalue weighted by molar-refractivity contribution is 0.0927. The third-order valence-electron chi connectivity index (χ3n) is 3.89. The molecule has 1 fully saturated rings.